The van der Waals surface area contributed by atoms with E-state index < -0.39 is 5.97 Å². The number of ether oxygens (including phenoxy) is 3. The van der Waals surface area contributed by atoms with Crippen molar-refractivity contribution in [2.24, 2.45) is 0 Å². The van der Waals surface area contributed by atoms with Gasteiger partial charge in [0.25, 0.3) is 0 Å². The van der Waals surface area contributed by atoms with Crippen molar-refractivity contribution >= 4 is 16.7 Å². The fraction of sp³-hybridized carbons (Fsp3) is 0.240. The molecule has 3 aromatic rings. The Hall–Kier alpha value is -3.27. The maximum absolute atomic E-state index is 12.5. The first kappa shape index (κ1) is 20.5. The molecule has 0 heterocycles. The van der Waals surface area contributed by atoms with Crippen LogP contribution in [0.25, 0.3) is 10.8 Å². The molecule has 0 radical (unpaired) electrons. The fourth-order valence-corrected chi connectivity index (χ4v) is 2.92. The molecule has 4 nitrogen and oxygen atoms in total. The lowest BCUT2D eigenvalue weighted by atomic mass is 10.1. The maximum Gasteiger partial charge on any atom is 0.343 e. The smallest absolute Gasteiger partial charge is 0.343 e. The van der Waals surface area contributed by atoms with Gasteiger partial charge in [0.1, 0.15) is 17.2 Å². The molecule has 0 aromatic heterocycles. The van der Waals surface area contributed by atoms with Gasteiger partial charge in [-0.1, -0.05) is 25.5 Å². The molecular formula is C25H26O4. The minimum atomic E-state index is -0.403. The third kappa shape index (κ3) is 5.61. The molecule has 0 aliphatic rings. The standard InChI is InChI=1S/C25H26O4/c1-3-5-6-7-17-28-22-15-16-23-20(18-22)9-8-10-24(23)29-25(26)19-11-13-21(14-12-19)27-4-2/h7-18H,3-6H2,1-2H3. The van der Waals surface area contributed by atoms with Gasteiger partial charge in [0.05, 0.1) is 18.4 Å². The minimum absolute atomic E-state index is 0.403. The van der Waals surface area contributed by atoms with E-state index >= 15 is 0 Å². The van der Waals surface area contributed by atoms with Gasteiger partial charge in [-0.2, -0.15) is 0 Å². The van der Waals surface area contributed by atoms with Crippen LogP contribution in [0.1, 0.15) is 43.5 Å². The van der Waals surface area contributed by atoms with Gasteiger partial charge >= 0.3 is 5.97 Å². The predicted molar refractivity (Wildman–Crippen MR) is 116 cm³/mol. The number of esters is 1. The molecule has 0 bridgehead atoms. The van der Waals surface area contributed by atoms with E-state index in [4.69, 9.17) is 14.2 Å². The zero-order valence-electron chi connectivity index (χ0n) is 16.9. The number of fused-ring (bicyclic) bond motifs is 1. The van der Waals surface area contributed by atoms with E-state index in [0.29, 0.717) is 17.9 Å². The SMILES string of the molecule is CCCCC=COc1ccc2c(OC(=O)c3ccc(OCC)cc3)cccc2c1. The second kappa shape index (κ2) is 10.3. The lowest BCUT2D eigenvalue weighted by Crippen LogP contribution is -2.08. The zero-order chi connectivity index (χ0) is 20.5. The summed E-state index contributed by atoms with van der Waals surface area (Å²) in [5.41, 5.74) is 0.475. The van der Waals surface area contributed by atoms with Crippen molar-refractivity contribution in [3.8, 4) is 17.2 Å². The van der Waals surface area contributed by atoms with Crippen LogP contribution in [0.15, 0.2) is 73.0 Å². The van der Waals surface area contributed by atoms with E-state index in [9.17, 15) is 4.79 Å². The van der Waals surface area contributed by atoms with Crippen molar-refractivity contribution in [2.75, 3.05) is 6.61 Å². The van der Waals surface area contributed by atoms with Gasteiger partial charge in [0.15, 0.2) is 0 Å². The molecule has 0 unspecified atom stereocenters. The molecule has 4 heteroatoms. The highest BCUT2D eigenvalue weighted by atomic mass is 16.5. The van der Waals surface area contributed by atoms with Crippen LogP contribution in [0, 0.1) is 0 Å². The van der Waals surface area contributed by atoms with Gasteiger partial charge in [0, 0.05) is 5.39 Å². The number of hydrogen-bond acceptors (Lipinski definition) is 4. The van der Waals surface area contributed by atoms with Crippen LogP contribution in [0.5, 0.6) is 17.2 Å². The molecule has 0 amide bonds. The Bertz CT molecular complexity index is 974. The van der Waals surface area contributed by atoms with E-state index in [1.54, 1.807) is 36.6 Å². The maximum atomic E-state index is 12.5. The average molecular weight is 390 g/mol. The van der Waals surface area contributed by atoms with Crippen LogP contribution in [0.3, 0.4) is 0 Å². The van der Waals surface area contributed by atoms with Crippen molar-refractivity contribution in [3.63, 3.8) is 0 Å². The van der Waals surface area contributed by atoms with Crippen molar-refractivity contribution in [2.45, 2.75) is 33.1 Å². The number of carbonyl (C=O) groups excluding carboxylic acids is 1. The number of carbonyl (C=O) groups is 1. The summed E-state index contributed by atoms with van der Waals surface area (Å²) in [5.74, 6) is 1.59. The Morgan fingerprint density at radius 1 is 0.966 bits per heavy atom. The lowest BCUT2D eigenvalue weighted by molar-refractivity contribution is 0.0737. The van der Waals surface area contributed by atoms with Crippen LogP contribution in [-0.2, 0) is 0 Å². The van der Waals surface area contributed by atoms with Crippen LogP contribution in [0.2, 0.25) is 0 Å². The van der Waals surface area contributed by atoms with Crippen molar-refractivity contribution in [3.05, 3.63) is 78.6 Å². The number of allylic oxidation sites excluding steroid dienone is 1. The Kier molecular flexibility index (Phi) is 7.28. The van der Waals surface area contributed by atoms with Crippen molar-refractivity contribution in [1.82, 2.24) is 0 Å². The second-order valence-corrected chi connectivity index (χ2v) is 6.62. The molecule has 0 saturated heterocycles. The predicted octanol–water partition coefficient (Wildman–Crippen LogP) is 6.54. The molecule has 3 aromatic carbocycles. The fourth-order valence-electron chi connectivity index (χ4n) is 2.92. The van der Waals surface area contributed by atoms with E-state index in [1.807, 2.05) is 43.3 Å². The van der Waals surface area contributed by atoms with E-state index in [1.165, 1.54) is 6.42 Å². The second-order valence-electron chi connectivity index (χ2n) is 6.62. The Morgan fingerprint density at radius 3 is 2.52 bits per heavy atom. The molecule has 0 atom stereocenters. The summed E-state index contributed by atoms with van der Waals surface area (Å²) in [6.07, 6.45) is 7.09. The monoisotopic (exact) mass is 390 g/mol. The molecule has 0 N–H and O–H groups in total. The van der Waals surface area contributed by atoms with Crippen LogP contribution < -0.4 is 14.2 Å². The summed E-state index contributed by atoms with van der Waals surface area (Å²) in [5, 5.41) is 1.80. The van der Waals surface area contributed by atoms with Gasteiger partial charge in [0.2, 0.25) is 0 Å². The Labute approximate surface area is 171 Å². The number of hydrogen-bond donors (Lipinski definition) is 0. The number of rotatable bonds is 9. The summed E-state index contributed by atoms with van der Waals surface area (Å²) < 4.78 is 16.7. The Balaban J connectivity index is 1.72. The third-order valence-corrected chi connectivity index (χ3v) is 4.44. The molecule has 0 spiro atoms. The summed E-state index contributed by atoms with van der Waals surface area (Å²) in [7, 11) is 0. The molecule has 150 valence electrons. The number of benzene rings is 3. The minimum Gasteiger partial charge on any atom is -0.494 e. The van der Waals surface area contributed by atoms with Gasteiger partial charge in [-0.25, -0.2) is 4.79 Å². The highest BCUT2D eigenvalue weighted by Crippen LogP contribution is 2.29. The quantitative estimate of drug-likeness (QED) is 0.180. The highest BCUT2D eigenvalue weighted by molar-refractivity contribution is 5.96. The lowest BCUT2D eigenvalue weighted by Gasteiger charge is -2.09. The van der Waals surface area contributed by atoms with Gasteiger partial charge in [-0.15, -0.1) is 0 Å². The first-order valence-corrected chi connectivity index (χ1v) is 10.0. The van der Waals surface area contributed by atoms with Gasteiger partial charge < -0.3 is 14.2 Å². The largest absolute Gasteiger partial charge is 0.494 e. The summed E-state index contributed by atoms with van der Waals surface area (Å²) in [6.45, 7) is 4.67. The van der Waals surface area contributed by atoms with Gasteiger partial charge in [-0.05, 0) is 79.8 Å². The number of unbranched alkanes of at least 4 members (excludes halogenated alkanes) is 2. The van der Waals surface area contributed by atoms with E-state index in [2.05, 4.69) is 6.92 Å². The van der Waals surface area contributed by atoms with Crippen LogP contribution >= 0.6 is 0 Å². The first-order chi connectivity index (χ1) is 14.2. The molecule has 0 aliphatic heterocycles. The topological polar surface area (TPSA) is 44.8 Å². The highest BCUT2D eigenvalue weighted by Gasteiger charge is 2.11. The molecule has 29 heavy (non-hydrogen) atoms. The van der Waals surface area contributed by atoms with Crippen LogP contribution in [0.4, 0.5) is 0 Å². The molecular weight excluding hydrogens is 364 g/mol. The third-order valence-electron chi connectivity index (χ3n) is 4.44. The Morgan fingerprint density at radius 2 is 1.76 bits per heavy atom. The average Bonchev–Trinajstić information content (AvgIpc) is 2.74. The summed E-state index contributed by atoms with van der Waals surface area (Å²) >= 11 is 0. The van der Waals surface area contributed by atoms with E-state index in [-0.39, 0.29) is 0 Å². The molecule has 0 saturated carbocycles. The molecule has 0 aliphatic carbocycles. The first-order valence-electron chi connectivity index (χ1n) is 10.0. The summed E-state index contributed by atoms with van der Waals surface area (Å²) in [6, 6.07) is 18.3. The van der Waals surface area contributed by atoms with Crippen LogP contribution in [-0.4, -0.2) is 12.6 Å². The van der Waals surface area contributed by atoms with E-state index in [0.717, 1.165) is 35.1 Å². The van der Waals surface area contributed by atoms with Gasteiger partial charge in [-0.3, -0.25) is 0 Å². The molecule has 0 fully saturated rings. The normalized spacial score (nSPS) is 11.0. The summed E-state index contributed by atoms with van der Waals surface area (Å²) in [4.78, 5) is 12.5. The van der Waals surface area contributed by atoms with Crippen molar-refractivity contribution in [1.29, 1.82) is 0 Å². The zero-order valence-corrected chi connectivity index (χ0v) is 16.9. The molecule has 3 rings (SSSR count). The van der Waals surface area contributed by atoms with Crippen molar-refractivity contribution < 1.29 is 19.0 Å².